The first kappa shape index (κ1) is 23.0. The Morgan fingerprint density at radius 3 is 2.62 bits per heavy atom. The third-order valence-electron chi connectivity index (χ3n) is 3.49. The van der Waals surface area contributed by atoms with Gasteiger partial charge in [-0.25, -0.2) is 0 Å². The number of unbranched alkanes of at least 4 members (excludes halogenated alkanes) is 1. The molecular weight excluding hydrogens is 485 g/mol. The molecule has 1 aromatic heterocycles. The minimum Gasteiger partial charge on any atom is -0.356 e. The maximum atomic E-state index is 5.89. The zero-order valence-electron chi connectivity index (χ0n) is 15.0. The van der Waals surface area contributed by atoms with Crippen LogP contribution in [0.5, 0.6) is 0 Å². The topological polar surface area (TPSA) is 75.3 Å². The number of rotatable bonds is 9. The van der Waals surface area contributed by atoms with Crippen molar-refractivity contribution in [3.05, 3.63) is 35.2 Å². The van der Waals surface area contributed by atoms with Crippen LogP contribution >= 0.6 is 47.3 Å². The van der Waals surface area contributed by atoms with Crippen LogP contribution in [0, 0.1) is 0 Å². The smallest absolute Gasteiger partial charge is 0.228 e. The summed E-state index contributed by atoms with van der Waals surface area (Å²) in [6, 6.07) is 7.36. The summed E-state index contributed by atoms with van der Waals surface area (Å²) >= 11 is 7.76. The number of aromatic nitrogens is 2. The fourth-order valence-corrected chi connectivity index (χ4v) is 2.78. The number of nitrogens with one attached hydrogen (secondary N) is 2. The SMILES string of the molecule is CN=C(NCCCCSC)NCCc1nc(-c2ccc(Cl)cc2)no1.I. The first-order valence-electron chi connectivity index (χ1n) is 8.25. The van der Waals surface area contributed by atoms with E-state index in [1.807, 2.05) is 36.0 Å². The minimum atomic E-state index is 0. The van der Waals surface area contributed by atoms with Gasteiger partial charge in [0.05, 0.1) is 0 Å². The van der Waals surface area contributed by atoms with E-state index in [1.165, 1.54) is 12.2 Å². The van der Waals surface area contributed by atoms with Crippen molar-refractivity contribution in [3.8, 4) is 11.4 Å². The molecule has 9 heteroatoms. The van der Waals surface area contributed by atoms with Gasteiger partial charge >= 0.3 is 0 Å². The van der Waals surface area contributed by atoms with Crippen molar-refractivity contribution >= 4 is 53.3 Å². The van der Waals surface area contributed by atoms with Gasteiger partial charge in [0.15, 0.2) is 5.96 Å². The van der Waals surface area contributed by atoms with Crippen molar-refractivity contribution in [2.45, 2.75) is 19.3 Å². The molecule has 1 heterocycles. The predicted molar refractivity (Wildman–Crippen MR) is 121 cm³/mol. The highest BCUT2D eigenvalue weighted by molar-refractivity contribution is 14.0. The Kier molecular flexibility index (Phi) is 11.7. The Bertz CT molecular complexity index is 665. The summed E-state index contributed by atoms with van der Waals surface area (Å²) in [4.78, 5) is 8.61. The summed E-state index contributed by atoms with van der Waals surface area (Å²) in [5, 5.41) is 11.2. The van der Waals surface area contributed by atoms with Gasteiger partial charge in [-0.2, -0.15) is 16.7 Å². The van der Waals surface area contributed by atoms with Crippen LogP contribution in [0.25, 0.3) is 11.4 Å². The van der Waals surface area contributed by atoms with Crippen molar-refractivity contribution in [2.24, 2.45) is 4.99 Å². The van der Waals surface area contributed by atoms with Gasteiger partial charge in [-0.15, -0.1) is 24.0 Å². The zero-order valence-corrected chi connectivity index (χ0v) is 18.9. The molecule has 0 atom stereocenters. The Morgan fingerprint density at radius 1 is 1.19 bits per heavy atom. The molecule has 0 unspecified atom stereocenters. The second-order valence-corrected chi connectivity index (χ2v) is 6.82. The molecule has 0 saturated heterocycles. The van der Waals surface area contributed by atoms with Crippen LogP contribution in [0.2, 0.25) is 5.02 Å². The van der Waals surface area contributed by atoms with E-state index >= 15 is 0 Å². The molecule has 0 fully saturated rings. The summed E-state index contributed by atoms with van der Waals surface area (Å²) in [5.74, 6) is 3.15. The van der Waals surface area contributed by atoms with Crippen molar-refractivity contribution in [1.29, 1.82) is 0 Å². The molecule has 6 nitrogen and oxygen atoms in total. The van der Waals surface area contributed by atoms with Crippen LogP contribution in [0.15, 0.2) is 33.8 Å². The molecule has 0 aliphatic rings. The molecule has 0 spiro atoms. The van der Waals surface area contributed by atoms with Crippen LogP contribution < -0.4 is 10.6 Å². The van der Waals surface area contributed by atoms with Crippen LogP contribution in [-0.2, 0) is 6.42 Å². The van der Waals surface area contributed by atoms with Gasteiger partial charge in [0.2, 0.25) is 11.7 Å². The van der Waals surface area contributed by atoms with E-state index in [4.69, 9.17) is 16.1 Å². The van der Waals surface area contributed by atoms with Gasteiger partial charge in [-0.1, -0.05) is 16.8 Å². The number of nitrogens with zero attached hydrogens (tertiary/aromatic N) is 3. The molecule has 2 aromatic rings. The summed E-state index contributed by atoms with van der Waals surface area (Å²) in [6.45, 7) is 1.59. The highest BCUT2D eigenvalue weighted by Crippen LogP contribution is 2.18. The fraction of sp³-hybridized carbons (Fsp3) is 0.471. The van der Waals surface area contributed by atoms with E-state index < -0.39 is 0 Å². The molecule has 26 heavy (non-hydrogen) atoms. The monoisotopic (exact) mass is 509 g/mol. The third-order valence-corrected chi connectivity index (χ3v) is 4.44. The highest BCUT2D eigenvalue weighted by Gasteiger charge is 2.08. The number of aliphatic imine (C=N–C) groups is 1. The van der Waals surface area contributed by atoms with Crippen molar-refractivity contribution in [1.82, 2.24) is 20.8 Å². The van der Waals surface area contributed by atoms with Gasteiger partial charge in [0, 0.05) is 37.1 Å². The number of hydrogen-bond donors (Lipinski definition) is 2. The van der Waals surface area contributed by atoms with Crippen LogP contribution in [0.1, 0.15) is 18.7 Å². The third kappa shape index (κ3) is 8.13. The Balaban J connectivity index is 0.00000338. The van der Waals surface area contributed by atoms with Crippen molar-refractivity contribution in [3.63, 3.8) is 0 Å². The second kappa shape index (κ2) is 13.2. The van der Waals surface area contributed by atoms with Crippen LogP contribution in [0.4, 0.5) is 0 Å². The standard InChI is InChI=1S/C17H24ClN5OS.HI/c1-19-17(20-10-3-4-12-25-2)21-11-9-15-22-16(23-24-15)13-5-7-14(18)8-6-13;/h5-8H,3-4,9-12H2,1-2H3,(H2,19,20,21);1H. The minimum absolute atomic E-state index is 0. The van der Waals surface area contributed by atoms with Gasteiger partial charge in [0.25, 0.3) is 0 Å². The molecule has 0 amide bonds. The van der Waals surface area contributed by atoms with Crippen molar-refractivity contribution in [2.75, 3.05) is 32.1 Å². The lowest BCUT2D eigenvalue weighted by molar-refractivity contribution is 0.378. The number of benzene rings is 1. The van der Waals surface area contributed by atoms with E-state index in [0.717, 1.165) is 24.5 Å². The molecular formula is C17H25ClIN5OS. The maximum absolute atomic E-state index is 5.89. The lowest BCUT2D eigenvalue weighted by Gasteiger charge is -2.10. The van der Waals surface area contributed by atoms with E-state index in [-0.39, 0.29) is 24.0 Å². The molecule has 144 valence electrons. The van der Waals surface area contributed by atoms with E-state index in [0.29, 0.717) is 29.7 Å². The molecule has 2 rings (SSSR count). The molecule has 2 N–H and O–H groups in total. The van der Waals surface area contributed by atoms with Gasteiger partial charge < -0.3 is 15.2 Å². The quantitative estimate of drug-likeness (QED) is 0.231. The number of thioether (sulfide) groups is 1. The van der Waals surface area contributed by atoms with E-state index in [2.05, 4.69) is 32.0 Å². The average molecular weight is 510 g/mol. The Labute approximate surface area is 181 Å². The lowest BCUT2D eigenvalue weighted by Crippen LogP contribution is -2.38. The first-order valence-corrected chi connectivity index (χ1v) is 10.0. The Hall–Kier alpha value is -1.000. The van der Waals surface area contributed by atoms with Crippen LogP contribution in [-0.4, -0.2) is 48.2 Å². The molecule has 1 aromatic carbocycles. The summed E-state index contributed by atoms with van der Waals surface area (Å²) in [6.07, 6.45) is 5.10. The van der Waals surface area contributed by atoms with Gasteiger partial charge in [-0.3, -0.25) is 4.99 Å². The Morgan fingerprint density at radius 2 is 1.92 bits per heavy atom. The van der Waals surface area contributed by atoms with Crippen LogP contribution in [0.3, 0.4) is 0 Å². The fourth-order valence-electron chi connectivity index (χ4n) is 2.16. The molecule has 0 bridgehead atoms. The van der Waals surface area contributed by atoms with Gasteiger partial charge in [0.1, 0.15) is 0 Å². The van der Waals surface area contributed by atoms with Gasteiger partial charge in [-0.05, 0) is 49.1 Å². The maximum Gasteiger partial charge on any atom is 0.228 e. The highest BCUT2D eigenvalue weighted by atomic mass is 127. The summed E-state index contributed by atoms with van der Waals surface area (Å²) < 4.78 is 5.29. The summed E-state index contributed by atoms with van der Waals surface area (Å²) in [5.41, 5.74) is 0.884. The summed E-state index contributed by atoms with van der Waals surface area (Å²) in [7, 11) is 1.77. The van der Waals surface area contributed by atoms with Crippen molar-refractivity contribution < 1.29 is 4.52 Å². The largest absolute Gasteiger partial charge is 0.356 e. The average Bonchev–Trinajstić information content (AvgIpc) is 3.09. The first-order chi connectivity index (χ1) is 12.2. The zero-order chi connectivity index (χ0) is 17.9. The normalized spacial score (nSPS) is 11.1. The predicted octanol–water partition coefficient (Wildman–Crippen LogP) is 3.86. The lowest BCUT2D eigenvalue weighted by atomic mass is 10.2. The number of hydrogen-bond acceptors (Lipinski definition) is 5. The molecule has 0 aliphatic carbocycles. The molecule has 0 radical (unpaired) electrons. The molecule has 0 saturated carbocycles. The molecule has 0 aliphatic heterocycles. The second-order valence-electron chi connectivity index (χ2n) is 5.39. The number of guanidine groups is 1. The van der Waals surface area contributed by atoms with E-state index in [9.17, 15) is 0 Å². The van der Waals surface area contributed by atoms with E-state index in [1.54, 1.807) is 7.05 Å². The number of halogens is 2.